The van der Waals surface area contributed by atoms with E-state index in [9.17, 15) is 9.59 Å². The molecule has 0 saturated carbocycles. The Morgan fingerprint density at radius 1 is 0.806 bits per heavy atom. The van der Waals surface area contributed by atoms with Crippen molar-refractivity contribution in [2.24, 2.45) is 0 Å². The summed E-state index contributed by atoms with van der Waals surface area (Å²) in [6.45, 7) is 4.79. The molecule has 4 aromatic rings. The van der Waals surface area contributed by atoms with Crippen molar-refractivity contribution in [3.63, 3.8) is 0 Å². The number of hydrogen-bond acceptors (Lipinski definition) is 7. The fourth-order valence-electron chi connectivity index (χ4n) is 3.91. The van der Waals surface area contributed by atoms with Crippen LogP contribution in [0.3, 0.4) is 0 Å². The summed E-state index contributed by atoms with van der Waals surface area (Å²) in [5.74, 6) is 1.11. The summed E-state index contributed by atoms with van der Waals surface area (Å²) in [6.07, 6.45) is 0. The number of rotatable bonds is 5. The van der Waals surface area contributed by atoms with Gasteiger partial charge in [-0.1, -0.05) is 24.3 Å². The van der Waals surface area contributed by atoms with Crippen LogP contribution < -0.4 is 21.3 Å². The summed E-state index contributed by atoms with van der Waals surface area (Å²) in [6, 6.07) is 14.7. The fraction of sp³-hybridized carbons (Fsp3) is 0.273. The molecule has 0 amide bonds. The molecule has 31 heavy (non-hydrogen) atoms. The van der Waals surface area contributed by atoms with Crippen molar-refractivity contribution in [2.45, 2.75) is 0 Å². The second-order valence-electron chi connectivity index (χ2n) is 7.59. The van der Waals surface area contributed by atoms with Gasteiger partial charge in [0.05, 0.1) is 21.8 Å². The van der Waals surface area contributed by atoms with Crippen molar-refractivity contribution in [3.8, 4) is 0 Å². The average Bonchev–Trinajstić information content (AvgIpc) is 2.80. The van der Waals surface area contributed by atoms with E-state index in [1.54, 1.807) is 12.1 Å². The highest BCUT2D eigenvalue weighted by Gasteiger charge is 2.19. The van der Waals surface area contributed by atoms with Crippen LogP contribution in [-0.2, 0) is 0 Å². The smallest absolute Gasteiger partial charge is 0.260 e. The highest BCUT2D eigenvalue weighted by molar-refractivity contribution is 5.79. The lowest BCUT2D eigenvalue weighted by atomic mass is 10.2. The monoisotopic (exact) mass is 417 g/mol. The van der Waals surface area contributed by atoms with Crippen LogP contribution in [0.2, 0.25) is 0 Å². The van der Waals surface area contributed by atoms with E-state index in [2.05, 4.69) is 35.1 Å². The Morgan fingerprint density at radius 2 is 1.42 bits per heavy atom. The third-order valence-electron chi connectivity index (χ3n) is 5.61. The molecule has 9 nitrogen and oxygen atoms in total. The summed E-state index contributed by atoms with van der Waals surface area (Å²) in [5.41, 5.74) is 1.15. The molecule has 1 aliphatic rings. The first-order valence-electron chi connectivity index (χ1n) is 10.4. The standard InChI is InChI=1S/C22H23N7O2/c30-19-15-5-1-3-7-17(15)24-21(26-19)23-9-10-28-11-13-29(14-12-28)22-25-18-8-4-2-6-16(18)20(31)27-22/h1-8H,9-14H2,(H,25,27,31)(H2,23,24,26,30). The molecule has 2 aromatic carbocycles. The third kappa shape index (κ3) is 3.99. The van der Waals surface area contributed by atoms with E-state index in [0.29, 0.717) is 40.2 Å². The number of aromatic nitrogens is 4. The van der Waals surface area contributed by atoms with E-state index in [1.165, 1.54) is 0 Å². The van der Waals surface area contributed by atoms with E-state index in [1.807, 2.05) is 36.4 Å². The van der Waals surface area contributed by atoms with Crippen molar-refractivity contribution in [1.82, 2.24) is 24.8 Å². The molecule has 0 spiro atoms. The molecular weight excluding hydrogens is 394 g/mol. The minimum absolute atomic E-state index is 0.107. The van der Waals surface area contributed by atoms with Crippen LogP contribution in [0.5, 0.6) is 0 Å². The Kier molecular flexibility index (Phi) is 5.09. The Hall–Kier alpha value is -3.72. The van der Waals surface area contributed by atoms with Crippen LogP contribution in [0.15, 0.2) is 58.1 Å². The normalized spacial score (nSPS) is 14.9. The van der Waals surface area contributed by atoms with Crippen molar-refractivity contribution in [3.05, 3.63) is 69.2 Å². The van der Waals surface area contributed by atoms with Crippen molar-refractivity contribution >= 4 is 33.7 Å². The molecule has 0 unspecified atom stereocenters. The lowest BCUT2D eigenvalue weighted by molar-refractivity contribution is 0.266. The molecule has 3 heterocycles. The van der Waals surface area contributed by atoms with Gasteiger partial charge in [0.15, 0.2) is 0 Å². The molecule has 0 aliphatic carbocycles. The van der Waals surface area contributed by atoms with Gasteiger partial charge in [-0.05, 0) is 24.3 Å². The van der Waals surface area contributed by atoms with E-state index in [-0.39, 0.29) is 11.1 Å². The lowest BCUT2D eigenvalue weighted by Gasteiger charge is -2.35. The van der Waals surface area contributed by atoms with Crippen LogP contribution >= 0.6 is 0 Å². The van der Waals surface area contributed by atoms with Gasteiger partial charge in [-0.3, -0.25) is 24.5 Å². The Labute approximate surface area is 177 Å². The summed E-state index contributed by atoms with van der Waals surface area (Å²) in [5, 5.41) is 4.41. The lowest BCUT2D eigenvalue weighted by Crippen LogP contribution is -2.48. The molecule has 5 rings (SSSR count). The molecule has 1 saturated heterocycles. The minimum atomic E-state index is -0.140. The average molecular weight is 417 g/mol. The Balaban J connectivity index is 1.17. The predicted molar refractivity (Wildman–Crippen MR) is 122 cm³/mol. The van der Waals surface area contributed by atoms with Gasteiger partial charge in [-0.25, -0.2) is 9.97 Å². The number of nitrogens with zero attached hydrogens (tertiary/aromatic N) is 4. The number of nitrogens with one attached hydrogen (secondary N) is 3. The van der Waals surface area contributed by atoms with E-state index in [4.69, 9.17) is 0 Å². The summed E-state index contributed by atoms with van der Waals surface area (Å²) >= 11 is 0. The van der Waals surface area contributed by atoms with Gasteiger partial charge in [0.1, 0.15) is 0 Å². The third-order valence-corrected chi connectivity index (χ3v) is 5.61. The van der Waals surface area contributed by atoms with Crippen molar-refractivity contribution in [1.29, 1.82) is 0 Å². The molecule has 0 radical (unpaired) electrons. The molecule has 1 aliphatic heterocycles. The zero-order chi connectivity index (χ0) is 21.2. The van der Waals surface area contributed by atoms with E-state index in [0.717, 1.165) is 32.7 Å². The molecular formula is C22H23N7O2. The summed E-state index contributed by atoms with van der Waals surface area (Å²) in [4.78, 5) is 43.7. The van der Waals surface area contributed by atoms with Crippen LogP contribution in [-0.4, -0.2) is 64.1 Å². The van der Waals surface area contributed by atoms with Gasteiger partial charge in [-0.2, -0.15) is 0 Å². The summed E-state index contributed by atoms with van der Waals surface area (Å²) in [7, 11) is 0. The zero-order valence-electron chi connectivity index (χ0n) is 17.0. The first kappa shape index (κ1) is 19.3. The maximum absolute atomic E-state index is 12.3. The van der Waals surface area contributed by atoms with Crippen LogP contribution in [0.4, 0.5) is 11.9 Å². The molecule has 3 N–H and O–H groups in total. The van der Waals surface area contributed by atoms with Crippen LogP contribution in [0, 0.1) is 0 Å². The largest absolute Gasteiger partial charge is 0.354 e. The number of piperazine rings is 1. The molecule has 9 heteroatoms. The second kappa shape index (κ2) is 8.19. The van der Waals surface area contributed by atoms with Crippen molar-refractivity contribution < 1.29 is 0 Å². The number of fused-ring (bicyclic) bond motifs is 2. The SMILES string of the molecule is O=c1[nH]c(NCCN2CCN(c3nc4ccccc4c(=O)[nH]3)CC2)nc2ccccc12. The first-order chi connectivity index (χ1) is 15.2. The van der Waals surface area contributed by atoms with Gasteiger partial charge in [0, 0.05) is 39.3 Å². The fourth-order valence-corrected chi connectivity index (χ4v) is 3.91. The van der Waals surface area contributed by atoms with Crippen LogP contribution in [0.25, 0.3) is 21.8 Å². The van der Waals surface area contributed by atoms with Gasteiger partial charge in [0.25, 0.3) is 11.1 Å². The first-order valence-corrected chi connectivity index (χ1v) is 10.4. The second-order valence-corrected chi connectivity index (χ2v) is 7.59. The van der Waals surface area contributed by atoms with Gasteiger partial charge < -0.3 is 10.2 Å². The number of H-pyrrole nitrogens is 2. The Morgan fingerprint density at radius 3 is 2.13 bits per heavy atom. The Bertz CT molecular complexity index is 1340. The highest BCUT2D eigenvalue weighted by atomic mass is 16.1. The molecule has 2 aromatic heterocycles. The van der Waals surface area contributed by atoms with E-state index >= 15 is 0 Å². The number of aromatic amines is 2. The van der Waals surface area contributed by atoms with E-state index < -0.39 is 0 Å². The maximum atomic E-state index is 12.3. The highest BCUT2D eigenvalue weighted by Crippen LogP contribution is 2.14. The quantitative estimate of drug-likeness (QED) is 0.450. The van der Waals surface area contributed by atoms with Crippen LogP contribution in [0.1, 0.15) is 0 Å². The van der Waals surface area contributed by atoms with Gasteiger partial charge in [-0.15, -0.1) is 0 Å². The topological polar surface area (TPSA) is 110 Å². The summed E-state index contributed by atoms with van der Waals surface area (Å²) < 4.78 is 0. The zero-order valence-corrected chi connectivity index (χ0v) is 17.0. The number of para-hydroxylation sites is 2. The predicted octanol–water partition coefficient (Wildman–Crippen LogP) is 1.39. The number of hydrogen-bond donors (Lipinski definition) is 3. The minimum Gasteiger partial charge on any atom is -0.354 e. The molecule has 0 bridgehead atoms. The molecule has 0 atom stereocenters. The van der Waals surface area contributed by atoms with Gasteiger partial charge >= 0.3 is 0 Å². The van der Waals surface area contributed by atoms with Gasteiger partial charge in [0.2, 0.25) is 11.9 Å². The number of benzene rings is 2. The van der Waals surface area contributed by atoms with Crippen molar-refractivity contribution in [2.75, 3.05) is 49.5 Å². The number of anilines is 2. The molecule has 158 valence electrons. The maximum Gasteiger partial charge on any atom is 0.260 e. The molecule has 1 fully saturated rings.